The van der Waals surface area contributed by atoms with Crippen molar-refractivity contribution in [2.24, 2.45) is 0 Å². The second kappa shape index (κ2) is 8.45. The van der Waals surface area contributed by atoms with E-state index in [2.05, 4.69) is 9.55 Å². The van der Waals surface area contributed by atoms with E-state index in [-0.39, 0.29) is 12.2 Å². The molecule has 5 rings (SSSR count). The molecule has 0 bridgehead atoms. The van der Waals surface area contributed by atoms with Crippen LogP contribution in [0.15, 0.2) is 40.1 Å². The minimum Gasteiger partial charge on any atom is -0.394 e. The van der Waals surface area contributed by atoms with Gasteiger partial charge >= 0.3 is 5.69 Å². The van der Waals surface area contributed by atoms with E-state index in [0.717, 1.165) is 42.1 Å². The quantitative estimate of drug-likeness (QED) is 0.357. The molecule has 1 aliphatic rings. The third kappa shape index (κ3) is 3.64. The number of nitrogens with zero attached hydrogens (tertiary/aromatic N) is 2. The topological polar surface area (TPSA) is 89.2 Å². The molecule has 0 saturated carbocycles. The first-order valence-electron chi connectivity index (χ1n) is 10.7. The van der Waals surface area contributed by atoms with Crippen molar-refractivity contribution in [2.45, 2.75) is 38.6 Å². The Labute approximate surface area is 182 Å². The predicted molar refractivity (Wildman–Crippen MR) is 123 cm³/mol. The summed E-state index contributed by atoms with van der Waals surface area (Å²) < 4.78 is 8.68. The molecule has 3 aromatic heterocycles. The zero-order valence-corrected chi connectivity index (χ0v) is 18.0. The number of fused-ring (bicyclic) bond motifs is 4. The van der Waals surface area contributed by atoms with Crippen molar-refractivity contribution < 1.29 is 9.84 Å². The number of H-pyrrole nitrogens is 1. The average molecular weight is 440 g/mol. The number of rotatable bonds is 6. The van der Waals surface area contributed by atoms with Crippen molar-refractivity contribution in [3.8, 4) is 5.69 Å². The van der Waals surface area contributed by atoms with Gasteiger partial charge in [-0.15, -0.1) is 11.3 Å². The largest absolute Gasteiger partial charge is 0.394 e. The van der Waals surface area contributed by atoms with Crippen LogP contribution in [0.1, 0.15) is 29.7 Å². The van der Waals surface area contributed by atoms with Crippen molar-refractivity contribution in [2.75, 3.05) is 19.8 Å². The highest BCUT2D eigenvalue weighted by molar-refractivity contribution is 7.18. The number of aryl methyl sites for hydroxylation is 2. The maximum atomic E-state index is 13.4. The number of ether oxygens (including phenoxy) is 1. The first-order chi connectivity index (χ1) is 15.2. The zero-order chi connectivity index (χ0) is 21.4. The summed E-state index contributed by atoms with van der Waals surface area (Å²) >= 11 is 1.56. The third-order valence-electron chi connectivity index (χ3n) is 5.99. The summed E-state index contributed by atoms with van der Waals surface area (Å²) in [5.41, 5.74) is 2.08. The Morgan fingerprint density at radius 2 is 1.97 bits per heavy atom. The number of hydrogen-bond acceptors (Lipinski definition) is 5. The lowest BCUT2D eigenvalue weighted by Gasteiger charge is -2.08. The smallest absolute Gasteiger partial charge is 0.334 e. The van der Waals surface area contributed by atoms with Gasteiger partial charge in [0, 0.05) is 28.5 Å². The molecule has 8 heteroatoms. The Balaban J connectivity index is 1.56. The van der Waals surface area contributed by atoms with E-state index in [1.807, 2.05) is 30.5 Å². The van der Waals surface area contributed by atoms with E-state index in [4.69, 9.17) is 9.84 Å². The van der Waals surface area contributed by atoms with Gasteiger partial charge in [0.05, 0.1) is 30.9 Å². The monoisotopic (exact) mass is 439 g/mol. The van der Waals surface area contributed by atoms with E-state index >= 15 is 0 Å². The number of aliphatic hydroxyl groups excluding tert-OH is 1. The minimum absolute atomic E-state index is 0.0107. The highest BCUT2D eigenvalue weighted by atomic mass is 32.1. The van der Waals surface area contributed by atoms with E-state index in [1.165, 1.54) is 15.9 Å². The van der Waals surface area contributed by atoms with Gasteiger partial charge in [-0.2, -0.15) is 0 Å². The van der Waals surface area contributed by atoms with Crippen LogP contribution in [0.25, 0.3) is 26.8 Å². The number of thiophene rings is 1. The van der Waals surface area contributed by atoms with Crippen molar-refractivity contribution in [1.82, 2.24) is 14.1 Å². The molecule has 0 amide bonds. The van der Waals surface area contributed by atoms with Gasteiger partial charge in [0.1, 0.15) is 4.83 Å². The van der Waals surface area contributed by atoms with Gasteiger partial charge in [-0.3, -0.25) is 9.78 Å². The van der Waals surface area contributed by atoms with Crippen LogP contribution >= 0.6 is 11.3 Å². The van der Waals surface area contributed by atoms with Gasteiger partial charge in [-0.25, -0.2) is 9.36 Å². The lowest BCUT2D eigenvalue weighted by molar-refractivity contribution is 0.0875. The number of aromatic nitrogens is 3. The number of hydrogen-bond donors (Lipinski definition) is 2. The number of benzene rings is 1. The molecule has 0 radical (unpaired) electrons. The lowest BCUT2D eigenvalue weighted by atomic mass is 10.1. The first kappa shape index (κ1) is 20.2. The number of nitrogens with one attached hydrogen (secondary N) is 1. The van der Waals surface area contributed by atoms with Crippen molar-refractivity contribution in [1.29, 1.82) is 0 Å². The van der Waals surface area contributed by atoms with Gasteiger partial charge < -0.3 is 14.4 Å². The molecule has 0 unspecified atom stereocenters. The molecular formula is C23H25N3O4S. The average Bonchev–Trinajstić information content (AvgIpc) is 3.24. The molecule has 4 aromatic rings. The van der Waals surface area contributed by atoms with Gasteiger partial charge in [-0.05, 0) is 55.5 Å². The summed E-state index contributed by atoms with van der Waals surface area (Å²) in [6.07, 6.45) is 7.25. The number of aliphatic hydroxyl groups is 1. The Morgan fingerprint density at radius 3 is 2.84 bits per heavy atom. The summed E-state index contributed by atoms with van der Waals surface area (Å²) in [6.45, 7) is 1.50. The summed E-state index contributed by atoms with van der Waals surface area (Å²) in [5.74, 6) is 0. The maximum absolute atomic E-state index is 13.4. The Morgan fingerprint density at radius 1 is 1.10 bits per heavy atom. The standard InChI is InChI=1S/C23H25N3O4S/c27-11-13-30-12-10-25-9-8-15-14-16(6-7-18(15)25)26-22(28)20-17-4-2-1-3-5-19(17)31-21(20)24-23(26)29/h6-9,14,27H,1-5,10-13H2,(H,24,29). The van der Waals surface area contributed by atoms with Crippen molar-refractivity contribution in [3.05, 3.63) is 61.7 Å². The van der Waals surface area contributed by atoms with E-state index in [0.29, 0.717) is 35.7 Å². The van der Waals surface area contributed by atoms with Crippen LogP contribution in [-0.2, 0) is 24.1 Å². The van der Waals surface area contributed by atoms with E-state index < -0.39 is 5.69 Å². The molecule has 7 nitrogen and oxygen atoms in total. The maximum Gasteiger partial charge on any atom is 0.334 e. The highest BCUT2D eigenvalue weighted by Gasteiger charge is 2.20. The molecule has 0 atom stereocenters. The van der Waals surface area contributed by atoms with Crippen LogP contribution in [0.5, 0.6) is 0 Å². The predicted octanol–water partition coefficient (Wildman–Crippen LogP) is 2.97. The summed E-state index contributed by atoms with van der Waals surface area (Å²) in [7, 11) is 0. The van der Waals surface area contributed by atoms with E-state index in [9.17, 15) is 9.59 Å². The van der Waals surface area contributed by atoms with Crippen LogP contribution in [0.2, 0.25) is 0 Å². The molecule has 0 aliphatic heterocycles. The molecule has 1 aliphatic carbocycles. The van der Waals surface area contributed by atoms with Gasteiger partial charge in [0.15, 0.2) is 0 Å². The fourth-order valence-electron chi connectivity index (χ4n) is 4.50. The second-order valence-corrected chi connectivity index (χ2v) is 9.03. The van der Waals surface area contributed by atoms with E-state index in [1.54, 1.807) is 11.3 Å². The van der Waals surface area contributed by atoms with Crippen LogP contribution in [0, 0.1) is 0 Å². The molecule has 0 saturated heterocycles. The van der Waals surface area contributed by atoms with Crippen LogP contribution in [0.4, 0.5) is 0 Å². The van der Waals surface area contributed by atoms with Gasteiger partial charge in [-0.1, -0.05) is 6.42 Å². The Hall–Kier alpha value is -2.68. The molecular weight excluding hydrogens is 414 g/mol. The fourth-order valence-corrected chi connectivity index (χ4v) is 5.77. The van der Waals surface area contributed by atoms with Crippen molar-refractivity contribution in [3.63, 3.8) is 0 Å². The van der Waals surface area contributed by atoms with Gasteiger partial charge in [0.2, 0.25) is 0 Å². The summed E-state index contributed by atoms with van der Waals surface area (Å²) in [6, 6.07) is 7.61. The molecule has 0 fully saturated rings. The molecule has 162 valence electrons. The zero-order valence-electron chi connectivity index (χ0n) is 17.2. The molecule has 1 aromatic carbocycles. The lowest BCUT2D eigenvalue weighted by Crippen LogP contribution is -2.33. The van der Waals surface area contributed by atoms with Crippen LogP contribution in [-0.4, -0.2) is 39.0 Å². The van der Waals surface area contributed by atoms with Crippen LogP contribution in [0.3, 0.4) is 0 Å². The molecule has 31 heavy (non-hydrogen) atoms. The molecule has 3 heterocycles. The first-order valence-corrected chi connectivity index (χ1v) is 11.6. The minimum atomic E-state index is -0.398. The molecule has 2 N–H and O–H groups in total. The highest BCUT2D eigenvalue weighted by Crippen LogP contribution is 2.32. The second-order valence-electron chi connectivity index (χ2n) is 7.93. The fraction of sp³-hybridized carbons (Fsp3) is 0.391. The summed E-state index contributed by atoms with van der Waals surface area (Å²) in [4.78, 5) is 31.2. The third-order valence-corrected chi connectivity index (χ3v) is 7.19. The van der Waals surface area contributed by atoms with Gasteiger partial charge in [0.25, 0.3) is 5.56 Å². The van der Waals surface area contributed by atoms with Crippen LogP contribution < -0.4 is 11.2 Å². The number of aromatic amines is 1. The Bertz CT molecular complexity index is 1360. The summed E-state index contributed by atoms with van der Waals surface area (Å²) in [5, 5.41) is 10.5. The SMILES string of the molecule is O=c1[nH]c2sc3c(c2c(=O)n1-c1ccc2c(ccn2CCOCCO)c1)CCCCC3. The van der Waals surface area contributed by atoms with Crippen molar-refractivity contribution >= 4 is 32.5 Å². The normalized spacial score (nSPS) is 14.2. The molecule has 0 spiro atoms. The Kier molecular flexibility index (Phi) is 5.52.